The summed E-state index contributed by atoms with van der Waals surface area (Å²) >= 11 is 1.07. The van der Waals surface area contributed by atoms with Gasteiger partial charge < -0.3 is 24.2 Å². The minimum Gasteiger partial charge on any atom is -0.490 e. The van der Waals surface area contributed by atoms with Gasteiger partial charge in [0, 0.05) is 24.6 Å². The lowest BCUT2D eigenvalue weighted by Gasteiger charge is -2.29. The van der Waals surface area contributed by atoms with Crippen LogP contribution in [-0.2, 0) is 21.7 Å². The number of carbonyl (C=O) groups excluding carboxylic acids is 1. The molecule has 1 aromatic heterocycles. The summed E-state index contributed by atoms with van der Waals surface area (Å²) in [5.41, 5.74) is 4.19. The van der Waals surface area contributed by atoms with Crippen molar-refractivity contribution in [3.63, 3.8) is 0 Å². The van der Waals surface area contributed by atoms with Crippen LogP contribution in [0.1, 0.15) is 30.5 Å². The lowest BCUT2D eigenvalue weighted by molar-refractivity contribution is -0.185. The molecule has 1 N–H and O–H groups in total. The Morgan fingerprint density at radius 1 is 1.13 bits per heavy atom. The van der Waals surface area contributed by atoms with Crippen LogP contribution in [0.4, 0.5) is 10.1 Å². The molecule has 1 unspecified atom stereocenters. The monoisotopic (exact) mass is 547 g/mol. The van der Waals surface area contributed by atoms with Crippen LogP contribution in [0.3, 0.4) is 0 Å². The van der Waals surface area contributed by atoms with E-state index in [1.807, 2.05) is 25.2 Å². The molecule has 39 heavy (non-hydrogen) atoms. The molecule has 6 rings (SSSR count). The highest BCUT2D eigenvalue weighted by molar-refractivity contribution is 7.00. The number of likely N-dealkylation sites (N-methyl/N-ethyl adjacent to an activating group) is 1. The first-order valence-electron chi connectivity index (χ1n) is 12.6. The lowest BCUT2D eigenvalue weighted by atomic mass is 9.87. The van der Waals surface area contributed by atoms with Crippen molar-refractivity contribution in [1.82, 2.24) is 8.75 Å². The van der Waals surface area contributed by atoms with Gasteiger partial charge in [-0.05, 0) is 67.4 Å². The fraction of sp³-hybridized carbons (Fsp3) is 0.276. The van der Waals surface area contributed by atoms with E-state index in [1.54, 1.807) is 32.0 Å². The Hall–Kier alpha value is -4.02. The van der Waals surface area contributed by atoms with Crippen LogP contribution in [0.2, 0.25) is 0 Å². The van der Waals surface area contributed by atoms with E-state index in [-0.39, 0.29) is 29.4 Å². The molecular weight excluding hydrogens is 521 g/mol. The molecule has 0 spiro atoms. The number of aromatic nitrogens is 2. The maximum Gasteiger partial charge on any atom is 0.342 e. The van der Waals surface area contributed by atoms with E-state index in [0.717, 1.165) is 41.3 Å². The molecule has 10 heteroatoms. The van der Waals surface area contributed by atoms with Crippen LogP contribution in [-0.4, -0.2) is 46.1 Å². The van der Waals surface area contributed by atoms with Gasteiger partial charge >= 0.3 is 5.97 Å². The molecule has 8 nitrogen and oxygen atoms in total. The van der Waals surface area contributed by atoms with Gasteiger partial charge in [0.15, 0.2) is 11.6 Å². The topological polar surface area (TPSA) is 94.0 Å². The summed E-state index contributed by atoms with van der Waals surface area (Å²) in [7, 11) is 1.98. The van der Waals surface area contributed by atoms with E-state index in [9.17, 15) is 9.90 Å². The van der Waals surface area contributed by atoms with Crippen molar-refractivity contribution in [2.24, 2.45) is 0 Å². The summed E-state index contributed by atoms with van der Waals surface area (Å²) in [5, 5.41) is 12.0. The predicted molar refractivity (Wildman–Crippen MR) is 145 cm³/mol. The van der Waals surface area contributed by atoms with Crippen molar-refractivity contribution >= 4 is 40.0 Å². The number of aliphatic hydroxyl groups is 1. The van der Waals surface area contributed by atoms with E-state index in [4.69, 9.17) is 14.2 Å². The number of ether oxygens (including phenoxy) is 3. The third-order valence-electron chi connectivity index (χ3n) is 6.88. The van der Waals surface area contributed by atoms with Crippen LogP contribution in [0.25, 0.3) is 16.6 Å². The molecule has 3 heterocycles. The Bertz CT molecular complexity index is 1630. The van der Waals surface area contributed by atoms with Gasteiger partial charge in [-0.2, -0.15) is 8.75 Å². The number of rotatable bonds is 6. The molecule has 3 aromatic carbocycles. The van der Waals surface area contributed by atoms with Gasteiger partial charge in [0.05, 0.1) is 35.6 Å². The van der Waals surface area contributed by atoms with Gasteiger partial charge in [-0.25, -0.2) is 9.18 Å². The summed E-state index contributed by atoms with van der Waals surface area (Å²) in [6.07, 6.45) is -0.0705. The van der Waals surface area contributed by atoms with Crippen molar-refractivity contribution in [3.05, 3.63) is 82.7 Å². The van der Waals surface area contributed by atoms with Gasteiger partial charge in [-0.3, -0.25) is 0 Å². The second kappa shape index (κ2) is 9.62. The van der Waals surface area contributed by atoms with Crippen molar-refractivity contribution in [2.75, 3.05) is 25.1 Å². The second-order valence-electron chi connectivity index (χ2n) is 9.92. The van der Waals surface area contributed by atoms with Gasteiger partial charge in [-0.15, -0.1) is 0 Å². The first-order valence-corrected chi connectivity index (χ1v) is 13.3. The Labute approximate surface area is 228 Å². The Kier molecular flexibility index (Phi) is 6.23. The maximum absolute atomic E-state index is 15.0. The molecule has 0 aliphatic carbocycles. The van der Waals surface area contributed by atoms with Gasteiger partial charge in [0.1, 0.15) is 23.4 Å². The fourth-order valence-electron chi connectivity index (χ4n) is 4.98. The number of cyclic esters (lactones) is 1. The number of anilines is 1. The highest BCUT2D eigenvalue weighted by atomic mass is 32.1. The molecule has 2 aliphatic heterocycles. The summed E-state index contributed by atoms with van der Waals surface area (Å²) in [4.78, 5) is 15.5. The van der Waals surface area contributed by atoms with Crippen molar-refractivity contribution in [3.8, 4) is 11.5 Å². The first kappa shape index (κ1) is 25.3. The fourth-order valence-corrected chi connectivity index (χ4v) is 5.50. The number of esters is 1. The molecule has 0 radical (unpaired) electrons. The van der Waals surface area contributed by atoms with Crippen LogP contribution >= 0.6 is 11.7 Å². The number of halogens is 1. The van der Waals surface area contributed by atoms with E-state index >= 15 is 4.39 Å². The normalized spacial score (nSPS) is 18.9. The van der Waals surface area contributed by atoms with Crippen LogP contribution in [0.15, 0.2) is 60.2 Å². The Balaban J connectivity index is 1.49. The maximum atomic E-state index is 15.0. The minimum absolute atomic E-state index is 0.0478. The number of hydrogen-bond donors (Lipinski definition) is 1. The van der Waals surface area contributed by atoms with Gasteiger partial charge in [-0.1, -0.05) is 12.1 Å². The second-order valence-corrected chi connectivity index (χ2v) is 10.4. The van der Waals surface area contributed by atoms with Crippen LogP contribution in [0, 0.1) is 5.82 Å². The number of nitrogens with zero attached hydrogens (tertiary/aromatic N) is 3. The number of carbonyl (C=O) groups is 1. The zero-order chi connectivity index (χ0) is 27.3. The zero-order valence-electron chi connectivity index (χ0n) is 21.6. The molecule has 4 aromatic rings. The largest absolute Gasteiger partial charge is 0.490 e. The average molecular weight is 548 g/mol. The van der Waals surface area contributed by atoms with E-state index < -0.39 is 17.6 Å². The van der Waals surface area contributed by atoms with Crippen molar-refractivity contribution < 1.29 is 28.5 Å². The third kappa shape index (κ3) is 4.49. The molecule has 2 aliphatic rings. The molecule has 0 fully saturated rings. The molecule has 0 bridgehead atoms. The summed E-state index contributed by atoms with van der Waals surface area (Å²) < 4.78 is 40.5. The van der Waals surface area contributed by atoms with Crippen LogP contribution < -0.4 is 14.4 Å². The predicted octanol–water partition coefficient (Wildman–Crippen LogP) is 4.84. The first-order chi connectivity index (χ1) is 18.7. The highest BCUT2D eigenvalue weighted by Gasteiger charge is 2.48. The van der Waals surface area contributed by atoms with Crippen LogP contribution in [0.5, 0.6) is 11.5 Å². The smallest absolute Gasteiger partial charge is 0.342 e. The Morgan fingerprint density at radius 3 is 2.74 bits per heavy atom. The summed E-state index contributed by atoms with van der Waals surface area (Å²) in [6, 6.07) is 15.1. The minimum atomic E-state index is -2.20. The molecule has 0 saturated heterocycles. The molecule has 0 saturated carbocycles. The van der Waals surface area contributed by atoms with Crippen molar-refractivity contribution in [1.29, 1.82) is 0 Å². The Morgan fingerprint density at radius 2 is 1.95 bits per heavy atom. The van der Waals surface area contributed by atoms with E-state index in [0.29, 0.717) is 28.8 Å². The molecule has 0 amide bonds. The van der Waals surface area contributed by atoms with Gasteiger partial charge in [0.2, 0.25) is 0 Å². The van der Waals surface area contributed by atoms with Gasteiger partial charge in [0.25, 0.3) is 5.79 Å². The number of hydrogen-bond acceptors (Lipinski definition) is 9. The summed E-state index contributed by atoms with van der Waals surface area (Å²) in [5.74, 6) is -2.76. The number of fused-ring (bicyclic) bond motifs is 2. The molecule has 1 atom stereocenters. The number of benzene rings is 3. The third-order valence-corrected chi connectivity index (χ3v) is 7.44. The average Bonchev–Trinajstić information content (AvgIpc) is 3.47. The van der Waals surface area contributed by atoms with E-state index in [2.05, 4.69) is 13.6 Å². The molecule has 200 valence electrons. The standard InChI is InChI=1S/C29H26FN3O5S/c1-16(2)37-25-9-6-19(15-21(25)30)29(35)20(12-17-4-8-26-24(13-17)33(3)10-11-36-26)27(28(34)38-29)18-5-7-22-23(14-18)32-39-31-22/h4-9,13-16,35H,10-12H2,1-3H3. The van der Waals surface area contributed by atoms with E-state index in [1.165, 1.54) is 12.1 Å². The summed E-state index contributed by atoms with van der Waals surface area (Å²) in [6.45, 7) is 4.92. The zero-order valence-corrected chi connectivity index (χ0v) is 22.4. The quantitative estimate of drug-likeness (QED) is 0.343. The van der Waals surface area contributed by atoms with Crippen molar-refractivity contribution in [2.45, 2.75) is 32.2 Å². The SMILES string of the molecule is CC(C)Oc1ccc(C2(O)OC(=O)C(c3ccc4nsnc4c3)=C2Cc2ccc3c(c2)N(C)CCO3)cc1F. The highest BCUT2D eigenvalue weighted by Crippen LogP contribution is 2.46. The lowest BCUT2D eigenvalue weighted by Crippen LogP contribution is -2.30. The molecular formula is C29H26FN3O5S.